The van der Waals surface area contributed by atoms with Gasteiger partial charge in [0.2, 0.25) is 5.91 Å². The zero-order chi connectivity index (χ0) is 20.0. The van der Waals surface area contributed by atoms with Crippen LogP contribution in [0.25, 0.3) is 0 Å². The van der Waals surface area contributed by atoms with Crippen LogP contribution in [0.4, 0.5) is 0 Å². The second kappa shape index (κ2) is 9.48. The third kappa shape index (κ3) is 5.09. The van der Waals surface area contributed by atoms with Gasteiger partial charge in [0, 0.05) is 39.8 Å². The fourth-order valence-electron chi connectivity index (χ4n) is 3.69. The summed E-state index contributed by atoms with van der Waals surface area (Å²) in [6.07, 6.45) is 0.198. The maximum atomic E-state index is 12.7. The van der Waals surface area contributed by atoms with Gasteiger partial charge in [0.25, 0.3) is 0 Å². The lowest BCUT2D eigenvalue weighted by Crippen LogP contribution is -2.44. The first-order valence-corrected chi connectivity index (χ1v) is 11.1. The Labute approximate surface area is 166 Å². The lowest BCUT2D eigenvalue weighted by molar-refractivity contribution is -0.124. The van der Waals surface area contributed by atoms with Crippen molar-refractivity contribution in [2.24, 2.45) is 5.92 Å². The minimum absolute atomic E-state index is 0.0457. The second-order valence-corrected chi connectivity index (χ2v) is 9.30. The summed E-state index contributed by atoms with van der Waals surface area (Å²) in [6.45, 7) is 1.70. The molecule has 0 aromatic heterocycles. The number of rotatable bonds is 9. The number of benzene rings is 2. The normalized spacial score (nSPS) is 19.8. The van der Waals surface area contributed by atoms with E-state index in [-0.39, 0.29) is 18.0 Å². The lowest BCUT2D eigenvalue weighted by Gasteiger charge is -2.32. The van der Waals surface area contributed by atoms with E-state index in [0.29, 0.717) is 19.6 Å². The van der Waals surface area contributed by atoms with Gasteiger partial charge in [-0.25, -0.2) is 0 Å². The monoisotopic (exact) mass is 402 g/mol. The average Bonchev–Trinajstić information content (AvgIpc) is 3.08. The summed E-state index contributed by atoms with van der Waals surface area (Å²) < 4.78 is 22.9. The topological polar surface area (TPSA) is 67.9 Å². The first kappa shape index (κ1) is 20.7. The fraction of sp³-hybridized carbons (Fsp3) is 0.381. The molecule has 3 rings (SSSR count). The van der Waals surface area contributed by atoms with E-state index in [1.807, 2.05) is 36.4 Å². The predicted octanol–water partition coefficient (Wildman–Crippen LogP) is 3.29. The van der Waals surface area contributed by atoms with Crippen molar-refractivity contribution in [3.8, 4) is 0 Å². The Kier molecular flexibility index (Phi) is 7.03. The first-order chi connectivity index (χ1) is 13.5. The molecule has 0 radical (unpaired) electrons. The van der Waals surface area contributed by atoms with Gasteiger partial charge < -0.3 is 14.4 Å². The molecule has 0 aliphatic carbocycles. The minimum atomic E-state index is -3.22. The van der Waals surface area contributed by atoms with Crippen LogP contribution in [0.2, 0.25) is 0 Å². The summed E-state index contributed by atoms with van der Waals surface area (Å²) in [5, 5.41) is 2.93. The highest BCUT2D eigenvalue weighted by Crippen LogP contribution is 2.49. The molecule has 0 spiro atoms. The Balaban J connectivity index is 1.87. The second-order valence-electron chi connectivity index (χ2n) is 6.98. The highest BCUT2D eigenvalue weighted by Gasteiger charge is 2.43. The van der Waals surface area contributed by atoms with Crippen LogP contribution in [-0.2, 0) is 31.5 Å². The first-order valence-electron chi connectivity index (χ1n) is 9.35. The zero-order valence-corrected chi connectivity index (χ0v) is 17.2. The number of hydrogen-bond acceptors (Lipinski definition) is 5. The van der Waals surface area contributed by atoms with Crippen LogP contribution >= 0.6 is 7.60 Å². The molecule has 2 aromatic rings. The number of carbonyl (C=O) groups excluding carboxylic acids is 1. The molecule has 1 heterocycles. The van der Waals surface area contributed by atoms with Crippen LogP contribution in [0.15, 0.2) is 60.7 Å². The molecular weight excluding hydrogens is 375 g/mol. The van der Waals surface area contributed by atoms with E-state index in [0.717, 1.165) is 11.1 Å². The van der Waals surface area contributed by atoms with Gasteiger partial charge >= 0.3 is 7.60 Å². The van der Waals surface area contributed by atoms with Gasteiger partial charge in [-0.15, -0.1) is 0 Å². The molecule has 2 unspecified atom stereocenters. The van der Waals surface area contributed by atoms with Crippen LogP contribution in [-0.4, -0.2) is 43.8 Å². The predicted molar refractivity (Wildman–Crippen MR) is 109 cm³/mol. The fourth-order valence-corrected chi connectivity index (χ4v) is 5.04. The van der Waals surface area contributed by atoms with E-state index in [1.165, 1.54) is 14.2 Å². The van der Waals surface area contributed by atoms with Crippen molar-refractivity contribution in [2.75, 3.05) is 26.9 Å². The maximum Gasteiger partial charge on any atom is 0.330 e. The SMILES string of the molecule is COP(=O)(CC1CNC(=O)C1N(Cc1ccccc1)Cc1ccccc1)OC. The Morgan fingerprint density at radius 2 is 1.46 bits per heavy atom. The van der Waals surface area contributed by atoms with Gasteiger partial charge in [0.15, 0.2) is 0 Å². The average molecular weight is 402 g/mol. The van der Waals surface area contributed by atoms with E-state index < -0.39 is 13.6 Å². The molecule has 0 bridgehead atoms. The molecular formula is C21H27N2O4P. The van der Waals surface area contributed by atoms with Crippen molar-refractivity contribution in [1.82, 2.24) is 10.2 Å². The third-order valence-corrected chi connectivity index (χ3v) is 7.15. The number of nitrogens with one attached hydrogen (secondary N) is 1. The molecule has 7 heteroatoms. The van der Waals surface area contributed by atoms with E-state index in [9.17, 15) is 9.36 Å². The largest absolute Gasteiger partial charge is 0.354 e. The molecule has 1 N–H and O–H groups in total. The number of amides is 1. The van der Waals surface area contributed by atoms with Gasteiger partial charge in [0.1, 0.15) is 0 Å². The number of nitrogens with zero attached hydrogens (tertiary/aromatic N) is 1. The molecule has 1 aliphatic heterocycles. The van der Waals surface area contributed by atoms with Crippen LogP contribution in [0.3, 0.4) is 0 Å². The summed E-state index contributed by atoms with van der Waals surface area (Å²) >= 11 is 0. The molecule has 1 aliphatic rings. The van der Waals surface area contributed by atoms with Crippen LogP contribution in [0.1, 0.15) is 11.1 Å². The Morgan fingerprint density at radius 3 is 1.93 bits per heavy atom. The van der Waals surface area contributed by atoms with Gasteiger partial charge in [-0.2, -0.15) is 0 Å². The third-order valence-electron chi connectivity index (χ3n) is 5.12. The van der Waals surface area contributed by atoms with E-state index in [4.69, 9.17) is 9.05 Å². The number of carbonyl (C=O) groups is 1. The van der Waals surface area contributed by atoms with E-state index >= 15 is 0 Å². The molecule has 1 fully saturated rings. The summed E-state index contributed by atoms with van der Waals surface area (Å²) in [4.78, 5) is 14.9. The Morgan fingerprint density at radius 1 is 0.964 bits per heavy atom. The molecule has 6 nitrogen and oxygen atoms in total. The van der Waals surface area contributed by atoms with Crippen molar-refractivity contribution in [3.63, 3.8) is 0 Å². The van der Waals surface area contributed by atoms with Gasteiger partial charge in [0.05, 0.1) is 12.2 Å². The van der Waals surface area contributed by atoms with Crippen LogP contribution in [0, 0.1) is 5.92 Å². The molecule has 0 saturated carbocycles. The van der Waals surface area contributed by atoms with Crippen molar-refractivity contribution in [3.05, 3.63) is 71.8 Å². The smallest absolute Gasteiger partial charge is 0.330 e. The van der Waals surface area contributed by atoms with Crippen molar-refractivity contribution >= 4 is 13.5 Å². The molecule has 28 heavy (non-hydrogen) atoms. The zero-order valence-electron chi connectivity index (χ0n) is 16.3. The number of hydrogen-bond donors (Lipinski definition) is 1. The molecule has 1 saturated heterocycles. The molecule has 150 valence electrons. The quantitative estimate of drug-likeness (QED) is 0.652. The van der Waals surface area contributed by atoms with Crippen molar-refractivity contribution in [2.45, 2.75) is 19.1 Å². The highest BCUT2D eigenvalue weighted by molar-refractivity contribution is 7.53. The van der Waals surface area contributed by atoms with Gasteiger partial charge in [-0.05, 0) is 11.1 Å². The molecule has 2 aromatic carbocycles. The van der Waals surface area contributed by atoms with Gasteiger partial charge in [-0.3, -0.25) is 14.3 Å². The summed E-state index contributed by atoms with van der Waals surface area (Å²) in [6, 6.07) is 19.7. The highest BCUT2D eigenvalue weighted by atomic mass is 31.2. The summed E-state index contributed by atoms with van der Waals surface area (Å²) in [5.41, 5.74) is 2.25. The maximum absolute atomic E-state index is 12.7. The van der Waals surface area contributed by atoms with Gasteiger partial charge in [-0.1, -0.05) is 60.7 Å². The summed E-state index contributed by atoms with van der Waals surface area (Å²) in [5.74, 6) is -0.207. The van der Waals surface area contributed by atoms with Crippen LogP contribution < -0.4 is 5.32 Å². The van der Waals surface area contributed by atoms with E-state index in [1.54, 1.807) is 0 Å². The van der Waals surface area contributed by atoms with E-state index in [2.05, 4.69) is 34.5 Å². The molecule has 2 atom stereocenters. The van der Waals surface area contributed by atoms with Crippen molar-refractivity contribution < 1.29 is 18.4 Å². The van der Waals surface area contributed by atoms with Crippen LogP contribution in [0.5, 0.6) is 0 Å². The summed E-state index contributed by atoms with van der Waals surface area (Å²) in [7, 11) is -0.449. The minimum Gasteiger partial charge on any atom is -0.354 e. The standard InChI is InChI=1S/C21H27N2O4P/c1-26-28(25,27-2)16-19-13-22-21(24)20(19)23(14-17-9-5-3-6-10-17)15-18-11-7-4-8-12-18/h3-12,19-20H,13-16H2,1-2H3,(H,22,24). The molecule has 1 amide bonds. The van der Waals surface area contributed by atoms with Crippen molar-refractivity contribution in [1.29, 1.82) is 0 Å². The Bertz CT molecular complexity index is 766. The lowest BCUT2D eigenvalue weighted by atomic mass is 10.0. The Hall–Kier alpha value is -1.98.